The summed E-state index contributed by atoms with van der Waals surface area (Å²) in [5.41, 5.74) is 19.1. The molecular weight excluding hydrogens is 703 g/mol. The van der Waals surface area contributed by atoms with Gasteiger partial charge in [0.25, 0.3) is 11.9 Å². The number of aromatic nitrogens is 7. The number of fused-ring (bicyclic) bond motifs is 3. The van der Waals surface area contributed by atoms with Crippen molar-refractivity contribution >= 4 is 51.7 Å². The fourth-order valence-electron chi connectivity index (χ4n) is 7.15. The van der Waals surface area contributed by atoms with Crippen LogP contribution >= 0.6 is 0 Å². The van der Waals surface area contributed by atoms with Crippen LogP contribution in [0.5, 0.6) is 0 Å². The highest BCUT2D eigenvalue weighted by Gasteiger charge is 2.23. The Kier molecular flexibility index (Phi) is 10.2. The van der Waals surface area contributed by atoms with Crippen LogP contribution < -0.4 is 21.7 Å². The smallest absolute Gasteiger partial charge is 0.292 e. The predicted molar refractivity (Wildman–Crippen MR) is 206 cm³/mol. The summed E-state index contributed by atoms with van der Waals surface area (Å²) in [5, 5.41) is 8.41. The van der Waals surface area contributed by atoms with Gasteiger partial charge in [-0.05, 0) is 47.9 Å². The van der Waals surface area contributed by atoms with E-state index in [2.05, 4.69) is 65.2 Å². The van der Waals surface area contributed by atoms with Crippen molar-refractivity contribution in [3.8, 4) is 11.3 Å². The minimum atomic E-state index is -0.258. The summed E-state index contributed by atoms with van der Waals surface area (Å²) in [7, 11) is 0. The predicted octanol–water partition coefficient (Wildman–Crippen LogP) is 2.50. The molecule has 0 saturated carbocycles. The Morgan fingerprint density at radius 2 is 1.78 bits per heavy atom. The Labute approximate surface area is 316 Å². The molecule has 2 amide bonds. The second kappa shape index (κ2) is 15.6. The molecule has 0 radical (unpaired) electrons. The lowest BCUT2D eigenvalue weighted by Gasteiger charge is -2.33. The van der Waals surface area contributed by atoms with Crippen LogP contribution in [0.3, 0.4) is 0 Å². The maximum Gasteiger partial charge on any atom is 0.292 e. The molecule has 55 heavy (non-hydrogen) atoms. The van der Waals surface area contributed by atoms with Crippen molar-refractivity contribution < 1.29 is 18.7 Å². The molecule has 1 saturated heterocycles. The number of hydrogen-bond donors (Lipinski definition) is 3. The highest BCUT2D eigenvalue weighted by Crippen LogP contribution is 2.33. The van der Waals surface area contributed by atoms with E-state index in [1.54, 1.807) is 18.5 Å². The molecule has 6 heterocycles. The van der Waals surface area contributed by atoms with Gasteiger partial charge in [0.15, 0.2) is 11.2 Å². The van der Waals surface area contributed by atoms with Gasteiger partial charge in [-0.25, -0.2) is 24.6 Å². The van der Waals surface area contributed by atoms with Crippen LogP contribution in [-0.2, 0) is 29.0 Å². The van der Waals surface area contributed by atoms with Gasteiger partial charge in [0.2, 0.25) is 11.9 Å². The lowest BCUT2D eigenvalue weighted by Crippen LogP contribution is -2.46. The summed E-state index contributed by atoms with van der Waals surface area (Å²) in [6.07, 6.45) is 5.56. The van der Waals surface area contributed by atoms with E-state index in [0.717, 1.165) is 55.8 Å². The number of anilines is 3. The minimum Gasteiger partial charge on any atom is -0.424 e. The van der Waals surface area contributed by atoms with E-state index in [9.17, 15) is 9.59 Å². The first-order valence-electron chi connectivity index (χ1n) is 18.5. The number of hydrogen-bond acceptors (Lipinski definition) is 14. The molecule has 0 atom stereocenters. The SMILES string of the molecule is CCN1CCN(c2ncc(C(=O)NCCOCCC(=O)N3CCc4cc(Cn5nc(-c6ccc7oc(N)nc7c6)c6c(N)ncnc65)ccc4C3)cn2)CC1. The number of rotatable bonds is 12. The summed E-state index contributed by atoms with van der Waals surface area (Å²) in [6, 6.07) is 12.0. The van der Waals surface area contributed by atoms with Gasteiger partial charge in [0.05, 0.1) is 37.1 Å². The zero-order valence-corrected chi connectivity index (χ0v) is 30.6. The molecule has 1 fully saturated rings. The number of amides is 2. The molecule has 284 valence electrons. The molecule has 17 nitrogen and oxygen atoms in total. The Bertz CT molecular complexity index is 2330. The number of nitrogens with one attached hydrogen (secondary N) is 1. The van der Waals surface area contributed by atoms with Crippen molar-refractivity contribution in [1.29, 1.82) is 0 Å². The van der Waals surface area contributed by atoms with E-state index in [0.29, 0.717) is 77.9 Å². The van der Waals surface area contributed by atoms with Gasteiger partial charge in [-0.2, -0.15) is 10.1 Å². The zero-order valence-electron chi connectivity index (χ0n) is 30.6. The van der Waals surface area contributed by atoms with E-state index < -0.39 is 0 Å². The first-order valence-corrected chi connectivity index (χ1v) is 18.5. The van der Waals surface area contributed by atoms with Crippen LogP contribution in [0.4, 0.5) is 17.8 Å². The Morgan fingerprint density at radius 3 is 2.60 bits per heavy atom. The summed E-state index contributed by atoms with van der Waals surface area (Å²) in [4.78, 5) is 53.8. The topological polar surface area (TPSA) is 213 Å². The molecule has 0 spiro atoms. The fourth-order valence-corrected chi connectivity index (χ4v) is 7.15. The summed E-state index contributed by atoms with van der Waals surface area (Å²) in [5.74, 6) is 0.754. The van der Waals surface area contributed by atoms with E-state index in [4.69, 9.17) is 25.7 Å². The lowest BCUT2D eigenvalue weighted by atomic mass is 9.97. The third kappa shape index (κ3) is 7.74. The largest absolute Gasteiger partial charge is 0.424 e. The number of carbonyl (C=O) groups excluding carboxylic acids is 2. The molecule has 17 heteroatoms. The average molecular weight is 746 g/mol. The molecule has 2 aromatic carbocycles. The Morgan fingerprint density at radius 1 is 0.945 bits per heavy atom. The van der Waals surface area contributed by atoms with Crippen LogP contribution in [0.1, 0.15) is 40.4 Å². The highest BCUT2D eigenvalue weighted by atomic mass is 16.5. The van der Waals surface area contributed by atoms with Gasteiger partial charge < -0.3 is 40.6 Å². The normalized spacial score (nSPS) is 14.8. The van der Waals surface area contributed by atoms with E-state index >= 15 is 0 Å². The van der Waals surface area contributed by atoms with Crippen LogP contribution in [0.25, 0.3) is 33.4 Å². The van der Waals surface area contributed by atoms with Gasteiger partial charge in [-0.15, -0.1) is 0 Å². The van der Waals surface area contributed by atoms with Crippen LogP contribution in [0.2, 0.25) is 0 Å². The Balaban J connectivity index is 0.807. The lowest BCUT2D eigenvalue weighted by molar-refractivity contribution is -0.133. The van der Waals surface area contributed by atoms with Crippen molar-refractivity contribution in [3.05, 3.63) is 77.4 Å². The van der Waals surface area contributed by atoms with Crippen molar-refractivity contribution in [2.75, 3.05) is 75.4 Å². The highest BCUT2D eigenvalue weighted by molar-refractivity contribution is 5.99. The second-order valence-electron chi connectivity index (χ2n) is 13.7. The summed E-state index contributed by atoms with van der Waals surface area (Å²) < 4.78 is 13.0. The van der Waals surface area contributed by atoms with Crippen LogP contribution in [-0.4, -0.2) is 115 Å². The standard InChI is InChI=1S/C38H43N13O4/c1-2-48-11-13-49(14-12-48)38-42-19-28(20-43-38)36(53)41-9-16-54-15-8-31(52)50-10-7-25-17-24(3-4-27(25)22-50)21-51-35-32(34(39)44-23-45-35)33(47-51)26-5-6-30-29(18-26)46-37(40)55-30/h3-6,17-20,23H,2,7-16,21-22H2,1H3,(H2,40,46)(H,41,53)(H2,39,44,45). The molecule has 2 aliphatic heterocycles. The number of piperazine rings is 1. The van der Waals surface area contributed by atoms with Crippen LogP contribution in [0, 0.1) is 0 Å². The van der Waals surface area contributed by atoms with Crippen molar-refractivity contribution in [2.24, 2.45) is 0 Å². The van der Waals surface area contributed by atoms with Crippen molar-refractivity contribution in [1.82, 2.24) is 49.8 Å². The first kappa shape index (κ1) is 35.8. The molecule has 6 aromatic rings. The number of nitrogen functional groups attached to an aromatic ring is 2. The van der Waals surface area contributed by atoms with Crippen LogP contribution in [0.15, 0.2) is 59.5 Å². The van der Waals surface area contributed by atoms with Gasteiger partial charge in [-0.1, -0.05) is 25.1 Å². The first-order chi connectivity index (χ1) is 26.8. The molecule has 2 aliphatic rings. The second-order valence-corrected chi connectivity index (χ2v) is 13.7. The number of ether oxygens (including phenoxy) is 1. The average Bonchev–Trinajstić information content (AvgIpc) is 3.78. The summed E-state index contributed by atoms with van der Waals surface area (Å²) >= 11 is 0. The number of likely N-dealkylation sites (N-methyl/N-ethyl adjacent to an activating group) is 1. The van der Waals surface area contributed by atoms with E-state index in [-0.39, 0.29) is 30.9 Å². The van der Waals surface area contributed by atoms with Gasteiger partial charge in [-0.3, -0.25) is 9.59 Å². The molecule has 5 N–H and O–H groups in total. The Hall–Kier alpha value is -6.20. The third-order valence-electron chi connectivity index (χ3n) is 10.2. The van der Waals surface area contributed by atoms with Crippen molar-refractivity contribution in [3.63, 3.8) is 0 Å². The molecule has 0 bridgehead atoms. The minimum absolute atomic E-state index is 0.0337. The number of oxazole rings is 1. The molecular formula is C38H43N13O4. The van der Waals surface area contributed by atoms with Gasteiger partial charge in [0.1, 0.15) is 23.4 Å². The number of nitrogens with two attached hydrogens (primary N) is 2. The summed E-state index contributed by atoms with van der Waals surface area (Å²) in [6.45, 7) is 9.40. The third-order valence-corrected chi connectivity index (χ3v) is 10.2. The monoisotopic (exact) mass is 745 g/mol. The number of nitrogens with zero attached hydrogens (tertiary/aromatic N) is 10. The number of carbonyl (C=O) groups is 2. The molecule has 0 aliphatic carbocycles. The van der Waals surface area contributed by atoms with Crippen molar-refractivity contribution in [2.45, 2.75) is 32.9 Å². The fraction of sp³-hybridized carbons (Fsp3) is 0.368. The molecule has 0 unspecified atom stereocenters. The van der Waals surface area contributed by atoms with Gasteiger partial charge in [0, 0.05) is 63.8 Å². The quantitative estimate of drug-likeness (QED) is 0.154. The molecule has 8 rings (SSSR count). The molecule has 4 aromatic heterocycles. The number of benzene rings is 2. The maximum absolute atomic E-state index is 13.1. The van der Waals surface area contributed by atoms with Gasteiger partial charge >= 0.3 is 0 Å². The van der Waals surface area contributed by atoms with E-state index in [1.807, 2.05) is 21.7 Å². The zero-order chi connectivity index (χ0) is 37.9. The maximum atomic E-state index is 13.1. The van der Waals surface area contributed by atoms with E-state index in [1.165, 1.54) is 11.9 Å².